The maximum atomic E-state index is 12.2. The summed E-state index contributed by atoms with van der Waals surface area (Å²) in [5, 5.41) is 0. The van der Waals surface area contributed by atoms with Crippen molar-refractivity contribution < 1.29 is 4.79 Å². The molecular formula is C13H19N3O2. The fourth-order valence-electron chi connectivity index (χ4n) is 2.43. The second-order valence-corrected chi connectivity index (χ2v) is 4.81. The third-order valence-corrected chi connectivity index (χ3v) is 3.60. The lowest BCUT2D eigenvalue weighted by Gasteiger charge is -2.20. The van der Waals surface area contributed by atoms with Crippen molar-refractivity contribution in [3.63, 3.8) is 0 Å². The zero-order valence-electron chi connectivity index (χ0n) is 10.7. The molecule has 0 bridgehead atoms. The predicted octanol–water partition coefficient (Wildman–Crippen LogP) is 1.42. The summed E-state index contributed by atoms with van der Waals surface area (Å²) in [7, 11) is 0. The normalized spacial score (nSPS) is 20.5. The first kappa shape index (κ1) is 12.8. The largest absolute Gasteiger partial charge is 0.337 e. The number of H-pyrrole nitrogens is 1. The number of carbonyl (C=O) groups excluding carboxylic acids is 1. The van der Waals surface area contributed by atoms with Crippen LogP contribution in [0.4, 0.5) is 0 Å². The van der Waals surface area contributed by atoms with Crippen LogP contribution >= 0.6 is 0 Å². The monoisotopic (exact) mass is 249 g/mol. The van der Waals surface area contributed by atoms with Gasteiger partial charge in [-0.2, -0.15) is 0 Å². The SMILES string of the molecule is CCC1CCCN(C(=O)c2cncc(=O)[nH]2)CC1. The lowest BCUT2D eigenvalue weighted by molar-refractivity contribution is 0.0753. The van der Waals surface area contributed by atoms with E-state index in [4.69, 9.17) is 0 Å². The number of amides is 1. The standard InChI is InChI=1S/C13H19N3O2/c1-2-10-4-3-6-16(7-5-10)13(18)11-8-14-9-12(17)15-11/h8-10H,2-7H2,1H3,(H,15,17). The first-order valence-electron chi connectivity index (χ1n) is 6.54. The van der Waals surface area contributed by atoms with Crippen LogP contribution in [0.5, 0.6) is 0 Å². The molecule has 5 nitrogen and oxygen atoms in total. The number of nitrogens with zero attached hydrogens (tertiary/aromatic N) is 2. The Bertz CT molecular complexity index is 469. The molecule has 1 aromatic heterocycles. The molecule has 1 fully saturated rings. The quantitative estimate of drug-likeness (QED) is 0.862. The molecule has 1 aromatic rings. The van der Waals surface area contributed by atoms with Gasteiger partial charge in [0.15, 0.2) is 0 Å². The summed E-state index contributed by atoms with van der Waals surface area (Å²) in [6.07, 6.45) is 7.04. The molecule has 1 saturated heterocycles. The highest BCUT2D eigenvalue weighted by Crippen LogP contribution is 2.20. The van der Waals surface area contributed by atoms with Gasteiger partial charge in [0.05, 0.1) is 12.4 Å². The zero-order valence-corrected chi connectivity index (χ0v) is 10.7. The molecule has 1 unspecified atom stereocenters. The fraction of sp³-hybridized carbons (Fsp3) is 0.615. The predicted molar refractivity (Wildman–Crippen MR) is 68.4 cm³/mol. The minimum atomic E-state index is -0.331. The van der Waals surface area contributed by atoms with Gasteiger partial charge in [0.1, 0.15) is 5.69 Å². The van der Waals surface area contributed by atoms with Crippen LogP contribution in [0.2, 0.25) is 0 Å². The lowest BCUT2D eigenvalue weighted by atomic mass is 9.98. The number of rotatable bonds is 2. The van der Waals surface area contributed by atoms with Crippen LogP contribution in [0.1, 0.15) is 43.1 Å². The van der Waals surface area contributed by atoms with E-state index in [1.165, 1.54) is 25.2 Å². The Kier molecular flexibility index (Phi) is 4.12. The minimum absolute atomic E-state index is 0.114. The number of aromatic nitrogens is 2. The lowest BCUT2D eigenvalue weighted by Crippen LogP contribution is -2.33. The van der Waals surface area contributed by atoms with Crippen molar-refractivity contribution >= 4 is 5.91 Å². The minimum Gasteiger partial charge on any atom is -0.337 e. The number of aromatic amines is 1. The maximum Gasteiger partial charge on any atom is 0.271 e. The smallest absolute Gasteiger partial charge is 0.271 e. The van der Waals surface area contributed by atoms with Crippen molar-refractivity contribution in [1.29, 1.82) is 0 Å². The van der Waals surface area contributed by atoms with Crippen LogP contribution in [0.15, 0.2) is 17.2 Å². The van der Waals surface area contributed by atoms with Crippen LogP contribution in [-0.4, -0.2) is 33.9 Å². The summed E-state index contributed by atoms with van der Waals surface area (Å²) in [5.74, 6) is 0.604. The summed E-state index contributed by atoms with van der Waals surface area (Å²) in [5.41, 5.74) is -0.0421. The van der Waals surface area contributed by atoms with Gasteiger partial charge >= 0.3 is 0 Å². The van der Waals surface area contributed by atoms with Crippen LogP contribution in [0.3, 0.4) is 0 Å². The third-order valence-electron chi connectivity index (χ3n) is 3.60. The zero-order chi connectivity index (χ0) is 13.0. The number of nitrogens with one attached hydrogen (secondary N) is 1. The first-order valence-corrected chi connectivity index (χ1v) is 6.54. The molecule has 0 saturated carbocycles. The Labute approximate surface area is 106 Å². The van der Waals surface area contributed by atoms with Crippen LogP contribution in [0.25, 0.3) is 0 Å². The second kappa shape index (κ2) is 5.80. The van der Waals surface area contributed by atoms with Crippen LogP contribution in [-0.2, 0) is 0 Å². The summed E-state index contributed by atoms with van der Waals surface area (Å²) < 4.78 is 0. The van der Waals surface area contributed by atoms with Crippen LogP contribution < -0.4 is 5.56 Å². The molecule has 98 valence electrons. The molecule has 5 heteroatoms. The molecule has 0 spiro atoms. The molecule has 18 heavy (non-hydrogen) atoms. The van der Waals surface area contributed by atoms with Gasteiger partial charge in [-0.15, -0.1) is 0 Å². The molecule has 1 aliphatic heterocycles. The van der Waals surface area contributed by atoms with Gasteiger partial charge < -0.3 is 9.88 Å². The van der Waals surface area contributed by atoms with E-state index < -0.39 is 0 Å². The number of hydrogen-bond acceptors (Lipinski definition) is 3. The van der Waals surface area contributed by atoms with E-state index in [9.17, 15) is 9.59 Å². The van der Waals surface area contributed by atoms with E-state index in [0.29, 0.717) is 0 Å². The Morgan fingerprint density at radius 2 is 2.28 bits per heavy atom. The molecule has 1 aliphatic rings. The van der Waals surface area contributed by atoms with Crippen molar-refractivity contribution in [3.8, 4) is 0 Å². The third kappa shape index (κ3) is 2.97. The maximum absolute atomic E-state index is 12.2. The van der Waals surface area contributed by atoms with Gasteiger partial charge in [-0.3, -0.25) is 14.6 Å². The molecule has 1 atom stereocenters. The molecule has 1 N–H and O–H groups in total. The molecule has 0 radical (unpaired) electrons. The molecule has 2 heterocycles. The highest BCUT2D eigenvalue weighted by Gasteiger charge is 2.21. The number of carbonyl (C=O) groups is 1. The van der Waals surface area contributed by atoms with Gasteiger partial charge in [-0.25, -0.2) is 0 Å². The van der Waals surface area contributed by atoms with Crippen molar-refractivity contribution in [3.05, 3.63) is 28.4 Å². The second-order valence-electron chi connectivity index (χ2n) is 4.81. The fourth-order valence-corrected chi connectivity index (χ4v) is 2.43. The summed E-state index contributed by atoms with van der Waals surface area (Å²) in [6, 6.07) is 0. The van der Waals surface area contributed by atoms with Gasteiger partial charge in [0, 0.05) is 13.1 Å². The Morgan fingerprint density at radius 1 is 1.44 bits per heavy atom. The average molecular weight is 249 g/mol. The van der Waals surface area contributed by atoms with E-state index in [-0.39, 0.29) is 17.2 Å². The van der Waals surface area contributed by atoms with Gasteiger partial charge in [0.25, 0.3) is 11.5 Å². The van der Waals surface area contributed by atoms with Crippen molar-refractivity contribution in [2.45, 2.75) is 32.6 Å². The highest BCUT2D eigenvalue weighted by molar-refractivity contribution is 5.91. The first-order chi connectivity index (χ1) is 8.70. The molecule has 2 rings (SSSR count). The Hall–Kier alpha value is -1.65. The van der Waals surface area contributed by atoms with Crippen molar-refractivity contribution in [2.75, 3.05) is 13.1 Å². The van der Waals surface area contributed by atoms with Gasteiger partial charge in [0.2, 0.25) is 0 Å². The molecule has 0 aromatic carbocycles. The number of hydrogen-bond donors (Lipinski definition) is 1. The van der Waals surface area contributed by atoms with Gasteiger partial charge in [-0.05, 0) is 25.2 Å². The van der Waals surface area contributed by atoms with E-state index in [2.05, 4.69) is 16.9 Å². The molecule has 0 aliphatic carbocycles. The number of likely N-dealkylation sites (tertiary alicyclic amines) is 1. The van der Waals surface area contributed by atoms with E-state index in [0.717, 1.165) is 31.8 Å². The van der Waals surface area contributed by atoms with E-state index in [1.807, 2.05) is 4.90 Å². The summed E-state index contributed by atoms with van der Waals surface area (Å²) >= 11 is 0. The molecular weight excluding hydrogens is 230 g/mol. The van der Waals surface area contributed by atoms with Crippen LogP contribution in [0, 0.1) is 5.92 Å². The van der Waals surface area contributed by atoms with E-state index in [1.54, 1.807) is 0 Å². The summed E-state index contributed by atoms with van der Waals surface area (Å²) in [6.45, 7) is 3.74. The van der Waals surface area contributed by atoms with E-state index >= 15 is 0 Å². The highest BCUT2D eigenvalue weighted by atomic mass is 16.2. The van der Waals surface area contributed by atoms with Gasteiger partial charge in [-0.1, -0.05) is 13.3 Å². The Balaban J connectivity index is 2.07. The van der Waals surface area contributed by atoms with Crippen molar-refractivity contribution in [2.24, 2.45) is 5.92 Å². The average Bonchev–Trinajstić information content (AvgIpc) is 2.63. The molecule has 1 amide bonds. The topological polar surface area (TPSA) is 66.1 Å². The summed E-state index contributed by atoms with van der Waals surface area (Å²) in [4.78, 5) is 31.5. The Morgan fingerprint density at radius 3 is 3.00 bits per heavy atom. The van der Waals surface area contributed by atoms with Crippen molar-refractivity contribution in [1.82, 2.24) is 14.9 Å².